The van der Waals surface area contributed by atoms with Gasteiger partial charge in [-0.1, -0.05) is 23.8 Å². The minimum absolute atomic E-state index is 0.221. The number of anilines is 1. The Bertz CT molecular complexity index is 798. The van der Waals surface area contributed by atoms with Crippen LogP contribution in [0.1, 0.15) is 30.0 Å². The molecule has 26 heavy (non-hydrogen) atoms. The Labute approximate surface area is 153 Å². The molecular weight excluding hydrogens is 330 g/mol. The maximum Gasteiger partial charge on any atom is 0.344 e. The summed E-state index contributed by atoms with van der Waals surface area (Å²) in [6.07, 6.45) is 2.42. The maximum atomic E-state index is 12.1. The Balaban J connectivity index is 1.46. The summed E-state index contributed by atoms with van der Waals surface area (Å²) in [6.45, 7) is 3.29. The molecule has 3 rings (SSSR count). The first-order chi connectivity index (χ1) is 12.5. The SMILES string of the molecule is Cc1ccc(NC(=O)C(C)OC(=O)COc2ccc3c(c2)CCC3)cc1. The first kappa shape index (κ1) is 18.0. The first-order valence-electron chi connectivity index (χ1n) is 8.83. The molecule has 0 saturated heterocycles. The van der Waals surface area contributed by atoms with Gasteiger partial charge in [-0.2, -0.15) is 0 Å². The van der Waals surface area contributed by atoms with Gasteiger partial charge in [-0.3, -0.25) is 4.79 Å². The van der Waals surface area contributed by atoms with Crippen LogP contribution in [0.3, 0.4) is 0 Å². The molecule has 1 atom stereocenters. The number of amides is 1. The number of esters is 1. The van der Waals surface area contributed by atoms with Crippen LogP contribution in [0, 0.1) is 6.92 Å². The third kappa shape index (κ3) is 4.63. The summed E-state index contributed by atoms with van der Waals surface area (Å²) < 4.78 is 10.6. The second-order valence-corrected chi connectivity index (χ2v) is 6.56. The van der Waals surface area contributed by atoms with Crippen LogP contribution >= 0.6 is 0 Å². The minimum Gasteiger partial charge on any atom is -0.482 e. The average molecular weight is 353 g/mol. The van der Waals surface area contributed by atoms with Crippen molar-refractivity contribution in [1.29, 1.82) is 0 Å². The summed E-state index contributed by atoms with van der Waals surface area (Å²) in [7, 11) is 0. The molecule has 0 bridgehead atoms. The molecule has 1 aliphatic carbocycles. The molecular formula is C21H23NO4. The van der Waals surface area contributed by atoms with E-state index in [2.05, 4.69) is 5.32 Å². The zero-order valence-electron chi connectivity index (χ0n) is 15.1. The molecule has 0 heterocycles. The van der Waals surface area contributed by atoms with Crippen LogP contribution in [0.15, 0.2) is 42.5 Å². The van der Waals surface area contributed by atoms with Crippen LogP contribution in [-0.4, -0.2) is 24.6 Å². The fraction of sp³-hybridized carbons (Fsp3) is 0.333. The van der Waals surface area contributed by atoms with Gasteiger partial charge in [-0.25, -0.2) is 4.79 Å². The molecule has 1 N–H and O–H groups in total. The normalized spacial score (nSPS) is 13.6. The standard InChI is InChI=1S/C21H23NO4/c1-14-6-9-18(10-7-14)22-21(24)15(2)26-20(23)13-25-19-11-8-16-4-3-5-17(16)12-19/h6-12,15H,3-5,13H2,1-2H3,(H,22,24). The van der Waals surface area contributed by atoms with E-state index in [0.717, 1.165) is 24.8 Å². The molecule has 0 fully saturated rings. The fourth-order valence-electron chi connectivity index (χ4n) is 2.95. The van der Waals surface area contributed by atoms with E-state index in [1.165, 1.54) is 18.1 Å². The summed E-state index contributed by atoms with van der Waals surface area (Å²) in [4.78, 5) is 24.0. The van der Waals surface area contributed by atoms with Crippen molar-refractivity contribution in [2.45, 2.75) is 39.2 Å². The van der Waals surface area contributed by atoms with Crippen molar-refractivity contribution in [3.8, 4) is 5.75 Å². The number of benzene rings is 2. The van der Waals surface area contributed by atoms with Gasteiger partial charge in [-0.15, -0.1) is 0 Å². The van der Waals surface area contributed by atoms with E-state index >= 15 is 0 Å². The number of carbonyl (C=O) groups is 2. The highest BCUT2D eigenvalue weighted by Crippen LogP contribution is 2.26. The number of hydrogen-bond donors (Lipinski definition) is 1. The minimum atomic E-state index is -0.896. The topological polar surface area (TPSA) is 64.6 Å². The average Bonchev–Trinajstić information content (AvgIpc) is 3.09. The Hall–Kier alpha value is -2.82. The number of ether oxygens (including phenoxy) is 2. The molecule has 0 aromatic heterocycles. The number of carbonyl (C=O) groups excluding carboxylic acids is 2. The first-order valence-corrected chi connectivity index (χ1v) is 8.83. The predicted molar refractivity (Wildman–Crippen MR) is 99.3 cm³/mol. The third-order valence-electron chi connectivity index (χ3n) is 4.42. The summed E-state index contributed by atoms with van der Waals surface area (Å²) in [5, 5.41) is 2.72. The highest BCUT2D eigenvalue weighted by atomic mass is 16.6. The number of hydrogen-bond acceptors (Lipinski definition) is 4. The molecule has 0 saturated carbocycles. The van der Waals surface area contributed by atoms with Gasteiger partial charge in [0.25, 0.3) is 5.91 Å². The van der Waals surface area contributed by atoms with E-state index in [0.29, 0.717) is 11.4 Å². The fourth-order valence-corrected chi connectivity index (χ4v) is 2.95. The molecule has 2 aromatic rings. The lowest BCUT2D eigenvalue weighted by Crippen LogP contribution is -2.31. The Kier molecular flexibility index (Phi) is 5.56. The molecule has 5 nitrogen and oxygen atoms in total. The van der Waals surface area contributed by atoms with Crippen LogP contribution in [0.25, 0.3) is 0 Å². The van der Waals surface area contributed by atoms with E-state index in [9.17, 15) is 9.59 Å². The summed E-state index contributed by atoms with van der Waals surface area (Å²) in [6, 6.07) is 13.3. The second kappa shape index (κ2) is 8.04. The van der Waals surface area contributed by atoms with Crippen molar-refractivity contribution in [2.75, 3.05) is 11.9 Å². The molecule has 1 unspecified atom stereocenters. The van der Waals surface area contributed by atoms with Crippen LogP contribution in [0.2, 0.25) is 0 Å². The zero-order chi connectivity index (χ0) is 18.5. The van der Waals surface area contributed by atoms with Crippen molar-refractivity contribution in [2.24, 2.45) is 0 Å². The highest BCUT2D eigenvalue weighted by Gasteiger charge is 2.18. The molecule has 5 heteroatoms. The van der Waals surface area contributed by atoms with Gasteiger partial charge in [0.2, 0.25) is 0 Å². The van der Waals surface area contributed by atoms with Gasteiger partial charge in [0, 0.05) is 5.69 Å². The largest absolute Gasteiger partial charge is 0.482 e. The van der Waals surface area contributed by atoms with Crippen molar-refractivity contribution in [1.82, 2.24) is 0 Å². The number of aryl methyl sites for hydroxylation is 3. The number of fused-ring (bicyclic) bond motifs is 1. The Morgan fingerprint density at radius 3 is 2.58 bits per heavy atom. The van der Waals surface area contributed by atoms with Crippen LogP contribution in [0.4, 0.5) is 5.69 Å². The van der Waals surface area contributed by atoms with Gasteiger partial charge < -0.3 is 14.8 Å². The quantitative estimate of drug-likeness (QED) is 0.808. The summed E-state index contributed by atoms with van der Waals surface area (Å²) in [5.41, 5.74) is 4.40. The van der Waals surface area contributed by atoms with Gasteiger partial charge in [0.15, 0.2) is 12.7 Å². The maximum absolute atomic E-state index is 12.1. The van der Waals surface area contributed by atoms with Crippen LogP contribution in [-0.2, 0) is 27.2 Å². The van der Waals surface area contributed by atoms with E-state index in [1.807, 2.05) is 37.3 Å². The summed E-state index contributed by atoms with van der Waals surface area (Å²) in [5.74, 6) is -0.295. The zero-order valence-corrected chi connectivity index (χ0v) is 15.1. The number of nitrogens with one attached hydrogen (secondary N) is 1. The van der Waals surface area contributed by atoms with E-state index in [-0.39, 0.29) is 12.5 Å². The summed E-state index contributed by atoms with van der Waals surface area (Å²) >= 11 is 0. The lowest BCUT2D eigenvalue weighted by Gasteiger charge is -2.14. The second-order valence-electron chi connectivity index (χ2n) is 6.56. The highest BCUT2D eigenvalue weighted by molar-refractivity contribution is 5.95. The van der Waals surface area contributed by atoms with Crippen molar-refractivity contribution >= 4 is 17.6 Å². The molecule has 0 aliphatic heterocycles. The van der Waals surface area contributed by atoms with Gasteiger partial charge in [-0.05, 0) is 68.5 Å². The molecule has 1 amide bonds. The molecule has 2 aromatic carbocycles. The Morgan fingerprint density at radius 1 is 1.08 bits per heavy atom. The van der Waals surface area contributed by atoms with E-state index in [1.54, 1.807) is 12.1 Å². The van der Waals surface area contributed by atoms with Crippen molar-refractivity contribution in [3.05, 3.63) is 59.2 Å². The van der Waals surface area contributed by atoms with Crippen molar-refractivity contribution < 1.29 is 19.1 Å². The van der Waals surface area contributed by atoms with Crippen molar-refractivity contribution in [3.63, 3.8) is 0 Å². The monoisotopic (exact) mass is 353 g/mol. The van der Waals surface area contributed by atoms with E-state index in [4.69, 9.17) is 9.47 Å². The van der Waals surface area contributed by atoms with Gasteiger partial charge in [0.1, 0.15) is 5.75 Å². The molecule has 0 radical (unpaired) electrons. The van der Waals surface area contributed by atoms with Crippen LogP contribution < -0.4 is 10.1 Å². The van der Waals surface area contributed by atoms with E-state index < -0.39 is 12.1 Å². The smallest absolute Gasteiger partial charge is 0.344 e. The van der Waals surface area contributed by atoms with Gasteiger partial charge in [0.05, 0.1) is 0 Å². The lowest BCUT2D eigenvalue weighted by atomic mass is 10.1. The lowest BCUT2D eigenvalue weighted by molar-refractivity contribution is -0.155. The third-order valence-corrected chi connectivity index (χ3v) is 4.42. The van der Waals surface area contributed by atoms with Crippen LogP contribution in [0.5, 0.6) is 5.75 Å². The number of rotatable bonds is 6. The molecule has 136 valence electrons. The predicted octanol–water partition coefficient (Wildman–Crippen LogP) is 3.43. The molecule has 0 spiro atoms. The van der Waals surface area contributed by atoms with Gasteiger partial charge >= 0.3 is 5.97 Å². The Morgan fingerprint density at radius 2 is 1.81 bits per heavy atom. The molecule has 1 aliphatic rings.